The van der Waals surface area contributed by atoms with Gasteiger partial charge in [0.2, 0.25) is 10.0 Å². The Morgan fingerprint density at radius 3 is 2.56 bits per heavy atom. The third-order valence-corrected chi connectivity index (χ3v) is 4.61. The van der Waals surface area contributed by atoms with Crippen LogP contribution in [0, 0.1) is 5.92 Å². The standard InChI is InChI=1S/C11H23NO3S/c1-2-5-11(13)8-12-16(14,15)9-10-6-3-4-7-10/h10-13H,2-9H2,1H3. The molecule has 1 aliphatic carbocycles. The molecule has 1 saturated carbocycles. The van der Waals surface area contributed by atoms with E-state index in [-0.39, 0.29) is 12.3 Å². The molecule has 1 aliphatic rings. The quantitative estimate of drug-likeness (QED) is 0.714. The van der Waals surface area contributed by atoms with Crippen molar-refractivity contribution in [2.45, 2.75) is 51.6 Å². The van der Waals surface area contributed by atoms with Crippen molar-refractivity contribution in [3.8, 4) is 0 Å². The van der Waals surface area contributed by atoms with Crippen molar-refractivity contribution in [1.82, 2.24) is 4.72 Å². The molecule has 0 spiro atoms. The third-order valence-electron chi connectivity index (χ3n) is 3.09. The van der Waals surface area contributed by atoms with Crippen LogP contribution in [-0.4, -0.2) is 31.9 Å². The molecule has 5 heteroatoms. The van der Waals surface area contributed by atoms with E-state index in [1.807, 2.05) is 6.92 Å². The lowest BCUT2D eigenvalue weighted by molar-refractivity contribution is 0.167. The van der Waals surface area contributed by atoms with E-state index in [1.165, 1.54) is 0 Å². The van der Waals surface area contributed by atoms with Gasteiger partial charge in [-0.1, -0.05) is 26.2 Å². The van der Waals surface area contributed by atoms with Crippen LogP contribution < -0.4 is 4.72 Å². The number of aliphatic hydroxyl groups excluding tert-OH is 1. The van der Waals surface area contributed by atoms with Gasteiger partial charge in [-0.3, -0.25) is 0 Å². The second-order valence-corrected chi connectivity index (χ2v) is 6.57. The van der Waals surface area contributed by atoms with E-state index < -0.39 is 16.1 Å². The summed E-state index contributed by atoms with van der Waals surface area (Å²) in [5.74, 6) is 0.548. The predicted octanol–water partition coefficient (Wildman–Crippen LogP) is 1.26. The molecule has 96 valence electrons. The lowest BCUT2D eigenvalue weighted by atomic mass is 10.1. The number of rotatable bonds is 7. The highest BCUT2D eigenvalue weighted by atomic mass is 32.2. The Labute approximate surface area is 98.5 Å². The van der Waals surface area contributed by atoms with Crippen LogP contribution in [-0.2, 0) is 10.0 Å². The summed E-state index contributed by atoms with van der Waals surface area (Å²) < 4.78 is 25.8. The van der Waals surface area contributed by atoms with Crippen LogP contribution in [0.2, 0.25) is 0 Å². The highest BCUT2D eigenvalue weighted by Gasteiger charge is 2.22. The van der Waals surface area contributed by atoms with E-state index >= 15 is 0 Å². The Morgan fingerprint density at radius 1 is 1.38 bits per heavy atom. The highest BCUT2D eigenvalue weighted by Crippen LogP contribution is 2.25. The van der Waals surface area contributed by atoms with E-state index in [1.54, 1.807) is 0 Å². The lowest BCUT2D eigenvalue weighted by Gasteiger charge is -2.13. The molecule has 4 nitrogen and oxygen atoms in total. The van der Waals surface area contributed by atoms with Crippen LogP contribution in [0.4, 0.5) is 0 Å². The minimum absolute atomic E-state index is 0.156. The molecule has 1 atom stereocenters. The highest BCUT2D eigenvalue weighted by molar-refractivity contribution is 7.89. The molecular weight excluding hydrogens is 226 g/mol. The average molecular weight is 249 g/mol. The molecule has 1 fully saturated rings. The fourth-order valence-electron chi connectivity index (χ4n) is 2.20. The molecule has 0 radical (unpaired) electrons. The summed E-state index contributed by atoms with van der Waals surface area (Å²) in [4.78, 5) is 0. The maximum atomic E-state index is 11.7. The zero-order chi connectivity index (χ0) is 12.0. The number of nitrogens with one attached hydrogen (secondary N) is 1. The van der Waals surface area contributed by atoms with Gasteiger partial charge in [-0.15, -0.1) is 0 Å². The average Bonchev–Trinajstić information content (AvgIpc) is 2.67. The molecule has 0 aliphatic heterocycles. The van der Waals surface area contributed by atoms with Crippen molar-refractivity contribution in [3.05, 3.63) is 0 Å². The molecule has 16 heavy (non-hydrogen) atoms. The van der Waals surface area contributed by atoms with Gasteiger partial charge in [-0.2, -0.15) is 0 Å². The Hall–Kier alpha value is -0.130. The monoisotopic (exact) mass is 249 g/mol. The smallest absolute Gasteiger partial charge is 0.211 e. The molecule has 0 aromatic carbocycles. The van der Waals surface area contributed by atoms with Gasteiger partial charge >= 0.3 is 0 Å². The summed E-state index contributed by atoms with van der Waals surface area (Å²) in [7, 11) is -3.19. The molecule has 1 rings (SSSR count). The van der Waals surface area contributed by atoms with Gasteiger partial charge in [0.05, 0.1) is 11.9 Å². The van der Waals surface area contributed by atoms with Crippen molar-refractivity contribution in [2.24, 2.45) is 5.92 Å². The van der Waals surface area contributed by atoms with Gasteiger partial charge in [0, 0.05) is 6.54 Å². The molecule has 2 N–H and O–H groups in total. The summed E-state index contributed by atoms with van der Waals surface area (Å²) in [6.07, 6.45) is 5.31. The molecular formula is C11H23NO3S. The lowest BCUT2D eigenvalue weighted by Crippen LogP contribution is -2.35. The van der Waals surface area contributed by atoms with Crippen molar-refractivity contribution < 1.29 is 13.5 Å². The van der Waals surface area contributed by atoms with E-state index in [0.29, 0.717) is 12.3 Å². The van der Waals surface area contributed by atoms with Crippen molar-refractivity contribution in [3.63, 3.8) is 0 Å². The molecule has 0 amide bonds. The minimum atomic E-state index is -3.19. The van der Waals surface area contributed by atoms with Gasteiger partial charge in [0.15, 0.2) is 0 Å². The molecule has 0 heterocycles. The Kier molecular flexibility index (Phi) is 5.72. The fourth-order valence-corrected chi connectivity index (χ4v) is 3.72. The van der Waals surface area contributed by atoms with Crippen LogP contribution in [0.5, 0.6) is 0 Å². The van der Waals surface area contributed by atoms with Crippen molar-refractivity contribution in [2.75, 3.05) is 12.3 Å². The SMILES string of the molecule is CCCC(O)CNS(=O)(=O)CC1CCCC1. The molecule has 0 aromatic heterocycles. The number of hydrogen-bond acceptors (Lipinski definition) is 3. The van der Waals surface area contributed by atoms with Crippen LogP contribution in [0.25, 0.3) is 0 Å². The maximum absolute atomic E-state index is 11.7. The fraction of sp³-hybridized carbons (Fsp3) is 1.00. The minimum Gasteiger partial charge on any atom is -0.392 e. The summed E-state index contributed by atoms with van der Waals surface area (Å²) in [6, 6.07) is 0. The van der Waals surface area contributed by atoms with E-state index in [4.69, 9.17) is 0 Å². The van der Waals surface area contributed by atoms with Gasteiger partial charge in [0.1, 0.15) is 0 Å². The van der Waals surface area contributed by atoms with E-state index in [9.17, 15) is 13.5 Å². The number of sulfonamides is 1. The first-order chi connectivity index (χ1) is 7.53. The van der Waals surface area contributed by atoms with Crippen molar-refractivity contribution >= 4 is 10.0 Å². The van der Waals surface area contributed by atoms with E-state index in [0.717, 1.165) is 32.1 Å². The second kappa shape index (κ2) is 6.57. The molecule has 0 bridgehead atoms. The summed E-state index contributed by atoms with van der Waals surface area (Å²) >= 11 is 0. The number of hydrogen-bond donors (Lipinski definition) is 2. The maximum Gasteiger partial charge on any atom is 0.211 e. The van der Waals surface area contributed by atoms with Gasteiger partial charge in [-0.25, -0.2) is 13.1 Å². The molecule has 1 unspecified atom stereocenters. The first-order valence-electron chi connectivity index (χ1n) is 6.19. The number of aliphatic hydroxyl groups is 1. The van der Waals surface area contributed by atoms with Crippen LogP contribution in [0.1, 0.15) is 45.4 Å². The topological polar surface area (TPSA) is 66.4 Å². The molecule has 0 aromatic rings. The van der Waals surface area contributed by atoms with Crippen LogP contribution >= 0.6 is 0 Å². The van der Waals surface area contributed by atoms with Crippen LogP contribution in [0.15, 0.2) is 0 Å². The largest absolute Gasteiger partial charge is 0.392 e. The molecule has 0 saturated heterocycles. The first kappa shape index (κ1) is 13.9. The second-order valence-electron chi connectivity index (χ2n) is 4.72. The summed E-state index contributed by atoms with van der Waals surface area (Å²) in [5.41, 5.74) is 0. The van der Waals surface area contributed by atoms with Crippen molar-refractivity contribution in [1.29, 1.82) is 0 Å². The van der Waals surface area contributed by atoms with Gasteiger partial charge in [-0.05, 0) is 25.2 Å². The first-order valence-corrected chi connectivity index (χ1v) is 7.84. The Morgan fingerprint density at radius 2 is 2.00 bits per heavy atom. The van der Waals surface area contributed by atoms with Gasteiger partial charge < -0.3 is 5.11 Å². The predicted molar refractivity (Wildman–Crippen MR) is 64.7 cm³/mol. The normalized spacial score (nSPS) is 20.1. The van der Waals surface area contributed by atoms with E-state index in [2.05, 4.69) is 4.72 Å². The summed E-state index contributed by atoms with van der Waals surface area (Å²) in [6.45, 7) is 2.12. The van der Waals surface area contributed by atoms with Crippen LogP contribution in [0.3, 0.4) is 0 Å². The Balaban J connectivity index is 2.27. The third kappa shape index (κ3) is 5.27. The summed E-state index contributed by atoms with van der Waals surface area (Å²) in [5, 5.41) is 9.45. The zero-order valence-electron chi connectivity index (χ0n) is 9.98. The zero-order valence-corrected chi connectivity index (χ0v) is 10.8. The Bertz CT molecular complexity index is 284. The van der Waals surface area contributed by atoms with Gasteiger partial charge in [0.25, 0.3) is 0 Å².